The van der Waals surface area contributed by atoms with E-state index in [2.05, 4.69) is 92.1 Å². The number of rotatable bonds is 39. The molecule has 0 aromatic rings. The molecule has 0 aliphatic carbocycles. The zero-order chi connectivity index (χ0) is 37.8. The van der Waals surface area contributed by atoms with Gasteiger partial charge in [0.25, 0.3) is 0 Å². The monoisotopic (exact) mass is 724 g/mol. The molecule has 0 aliphatic heterocycles. The number of allylic oxidation sites excluding steroid dienone is 12. The van der Waals surface area contributed by atoms with Crippen molar-refractivity contribution in [2.24, 2.45) is 0 Å². The van der Waals surface area contributed by atoms with E-state index in [9.17, 15) is 15.0 Å². The highest BCUT2D eigenvalue weighted by molar-refractivity contribution is 5.76. The molecule has 0 heterocycles. The van der Waals surface area contributed by atoms with Crippen molar-refractivity contribution in [1.82, 2.24) is 5.32 Å². The Balaban J connectivity index is 3.61. The van der Waals surface area contributed by atoms with Crippen LogP contribution in [0.25, 0.3) is 0 Å². The highest BCUT2D eigenvalue weighted by Gasteiger charge is 2.19. The van der Waals surface area contributed by atoms with Crippen LogP contribution in [-0.4, -0.2) is 34.9 Å². The first-order valence-electron chi connectivity index (χ1n) is 22.1. The zero-order valence-electron chi connectivity index (χ0n) is 34.3. The number of hydrogen-bond donors (Lipinski definition) is 3. The summed E-state index contributed by atoms with van der Waals surface area (Å²) in [5.41, 5.74) is 0. The van der Waals surface area contributed by atoms with Crippen LogP contribution in [0, 0.1) is 0 Å². The second-order valence-corrected chi connectivity index (χ2v) is 14.7. The summed E-state index contributed by atoms with van der Waals surface area (Å²) in [5, 5.41) is 23.2. The van der Waals surface area contributed by atoms with Gasteiger partial charge in [0.05, 0.1) is 18.8 Å². The minimum atomic E-state index is -0.669. The van der Waals surface area contributed by atoms with Gasteiger partial charge in [0, 0.05) is 6.42 Å². The molecule has 52 heavy (non-hydrogen) atoms. The first-order chi connectivity index (χ1) is 25.7. The topological polar surface area (TPSA) is 69.6 Å². The van der Waals surface area contributed by atoms with Crippen molar-refractivity contribution in [3.05, 3.63) is 72.9 Å². The summed E-state index contributed by atoms with van der Waals surface area (Å²) in [6.07, 6.45) is 61.1. The van der Waals surface area contributed by atoms with E-state index in [0.717, 1.165) is 77.0 Å². The molecule has 0 rings (SSSR count). The molecule has 0 radical (unpaired) electrons. The second kappa shape index (κ2) is 43.2. The first-order valence-corrected chi connectivity index (χ1v) is 22.1. The van der Waals surface area contributed by atoms with Gasteiger partial charge in [-0.3, -0.25) is 4.79 Å². The minimum Gasteiger partial charge on any atom is -0.394 e. The molecule has 0 bridgehead atoms. The summed E-state index contributed by atoms with van der Waals surface area (Å²) in [6, 6.07) is -0.548. The summed E-state index contributed by atoms with van der Waals surface area (Å²) >= 11 is 0. The molecule has 1 amide bonds. The Morgan fingerprint density at radius 1 is 0.481 bits per heavy atom. The Hall–Kier alpha value is -2.17. The maximum absolute atomic E-state index is 12.4. The van der Waals surface area contributed by atoms with Crippen LogP contribution >= 0.6 is 0 Å². The van der Waals surface area contributed by atoms with Crippen LogP contribution < -0.4 is 5.32 Å². The molecule has 0 aromatic heterocycles. The fourth-order valence-corrected chi connectivity index (χ4v) is 6.36. The Morgan fingerprint density at radius 3 is 1.27 bits per heavy atom. The number of carbonyl (C=O) groups excluding carboxylic acids is 1. The van der Waals surface area contributed by atoms with Crippen LogP contribution in [0.15, 0.2) is 72.9 Å². The Kier molecular flexibility index (Phi) is 41.4. The van der Waals surface area contributed by atoms with Gasteiger partial charge in [-0.2, -0.15) is 0 Å². The molecular formula is C48H85NO3. The molecule has 0 saturated heterocycles. The third kappa shape index (κ3) is 39.0. The van der Waals surface area contributed by atoms with Gasteiger partial charge in [-0.15, -0.1) is 0 Å². The standard InChI is InChI=1S/C48H85NO3/c1-3-5-7-9-11-13-15-17-19-20-21-22-23-24-25-26-27-28-30-32-34-36-38-40-42-44-48(52)49-46(45-50)47(51)43-41-39-37-35-33-31-29-18-16-14-12-10-8-6-4-2/h5,7,11,13,17,19,21-22,24-25,27-28,46-47,50-51H,3-4,6,8-10,12,14-16,18,20,23,26,29-45H2,1-2H3,(H,49,52)/b7-5-,13-11-,19-17-,22-21-,25-24-,28-27-. The van der Waals surface area contributed by atoms with Gasteiger partial charge < -0.3 is 15.5 Å². The summed E-state index contributed by atoms with van der Waals surface area (Å²) in [5.74, 6) is -0.0489. The van der Waals surface area contributed by atoms with E-state index in [4.69, 9.17) is 0 Å². The van der Waals surface area contributed by atoms with E-state index in [1.54, 1.807) is 0 Å². The lowest BCUT2D eigenvalue weighted by atomic mass is 10.0. The van der Waals surface area contributed by atoms with Crippen molar-refractivity contribution >= 4 is 5.91 Å². The molecule has 0 saturated carbocycles. The van der Waals surface area contributed by atoms with E-state index in [1.165, 1.54) is 103 Å². The van der Waals surface area contributed by atoms with Crippen molar-refractivity contribution in [3.8, 4) is 0 Å². The van der Waals surface area contributed by atoms with Crippen molar-refractivity contribution in [1.29, 1.82) is 0 Å². The van der Waals surface area contributed by atoms with Crippen LogP contribution in [0.2, 0.25) is 0 Å². The molecular weight excluding hydrogens is 639 g/mol. The number of carbonyl (C=O) groups is 1. The molecule has 300 valence electrons. The van der Waals surface area contributed by atoms with Crippen LogP contribution in [0.1, 0.15) is 206 Å². The third-order valence-corrected chi connectivity index (χ3v) is 9.73. The van der Waals surface area contributed by atoms with Crippen molar-refractivity contribution in [2.45, 2.75) is 219 Å². The molecule has 0 aliphatic rings. The fraction of sp³-hybridized carbons (Fsp3) is 0.729. The lowest BCUT2D eigenvalue weighted by Gasteiger charge is -2.22. The molecule has 2 atom stereocenters. The van der Waals surface area contributed by atoms with E-state index >= 15 is 0 Å². The molecule has 0 fully saturated rings. The number of aliphatic hydroxyl groups is 2. The van der Waals surface area contributed by atoms with E-state index in [-0.39, 0.29) is 12.5 Å². The van der Waals surface area contributed by atoms with Crippen LogP contribution in [0.5, 0.6) is 0 Å². The SMILES string of the molecule is CC/C=C\C/C=C\C/C=C\C/C=C\C/C=C\C/C=C\CCCCCCCCC(=O)NC(CO)C(O)CCCCCCCCCCCCCCCCC. The van der Waals surface area contributed by atoms with Gasteiger partial charge in [-0.05, 0) is 64.2 Å². The predicted octanol–water partition coefficient (Wildman–Crippen LogP) is 13.9. The third-order valence-electron chi connectivity index (χ3n) is 9.73. The van der Waals surface area contributed by atoms with Crippen molar-refractivity contribution in [2.75, 3.05) is 6.61 Å². The number of aliphatic hydroxyl groups excluding tert-OH is 2. The number of unbranched alkanes of at least 4 members (excludes halogenated alkanes) is 20. The Labute approximate surface area is 323 Å². The fourth-order valence-electron chi connectivity index (χ4n) is 6.36. The molecule has 4 nitrogen and oxygen atoms in total. The smallest absolute Gasteiger partial charge is 0.220 e. The molecule has 3 N–H and O–H groups in total. The number of amides is 1. The summed E-state index contributed by atoms with van der Waals surface area (Å²) in [7, 11) is 0. The lowest BCUT2D eigenvalue weighted by molar-refractivity contribution is -0.123. The summed E-state index contributed by atoms with van der Waals surface area (Å²) in [4.78, 5) is 12.4. The normalized spacial score (nSPS) is 13.7. The summed E-state index contributed by atoms with van der Waals surface area (Å²) < 4.78 is 0. The van der Waals surface area contributed by atoms with Gasteiger partial charge in [0.15, 0.2) is 0 Å². The van der Waals surface area contributed by atoms with Gasteiger partial charge in [-0.1, -0.05) is 209 Å². The van der Waals surface area contributed by atoms with E-state index in [0.29, 0.717) is 12.8 Å². The highest BCUT2D eigenvalue weighted by atomic mass is 16.3. The van der Waals surface area contributed by atoms with Gasteiger partial charge in [0.2, 0.25) is 5.91 Å². The first kappa shape index (κ1) is 49.8. The largest absolute Gasteiger partial charge is 0.394 e. The minimum absolute atomic E-state index is 0.0489. The maximum Gasteiger partial charge on any atom is 0.220 e. The van der Waals surface area contributed by atoms with E-state index in [1.807, 2.05) is 0 Å². The predicted molar refractivity (Wildman–Crippen MR) is 230 cm³/mol. The summed E-state index contributed by atoms with van der Waals surface area (Å²) in [6.45, 7) is 4.23. The van der Waals surface area contributed by atoms with Crippen LogP contribution in [-0.2, 0) is 4.79 Å². The molecule has 0 aromatic carbocycles. The Bertz CT molecular complexity index is 915. The number of nitrogens with one attached hydrogen (secondary N) is 1. The lowest BCUT2D eigenvalue weighted by Crippen LogP contribution is -2.45. The Morgan fingerprint density at radius 2 is 0.846 bits per heavy atom. The van der Waals surface area contributed by atoms with Gasteiger partial charge in [0.1, 0.15) is 0 Å². The zero-order valence-corrected chi connectivity index (χ0v) is 34.3. The van der Waals surface area contributed by atoms with Gasteiger partial charge in [-0.25, -0.2) is 0 Å². The quantitative estimate of drug-likeness (QED) is 0.0437. The average Bonchev–Trinajstić information content (AvgIpc) is 3.15. The average molecular weight is 724 g/mol. The molecule has 4 heteroatoms. The molecule has 2 unspecified atom stereocenters. The van der Waals surface area contributed by atoms with Crippen molar-refractivity contribution < 1.29 is 15.0 Å². The van der Waals surface area contributed by atoms with E-state index < -0.39 is 12.1 Å². The molecule has 0 spiro atoms. The maximum atomic E-state index is 12.4. The second-order valence-electron chi connectivity index (χ2n) is 14.7. The highest BCUT2D eigenvalue weighted by Crippen LogP contribution is 2.15. The van der Waals surface area contributed by atoms with Crippen molar-refractivity contribution in [3.63, 3.8) is 0 Å². The number of hydrogen-bond acceptors (Lipinski definition) is 3. The van der Waals surface area contributed by atoms with Gasteiger partial charge >= 0.3 is 0 Å². The van der Waals surface area contributed by atoms with Crippen LogP contribution in [0.3, 0.4) is 0 Å². The van der Waals surface area contributed by atoms with Crippen LogP contribution in [0.4, 0.5) is 0 Å².